The highest BCUT2D eigenvalue weighted by Gasteiger charge is 2.31. The second kappa shape index (κ2) is 7.60. The van der Waals surface area contributed by atoms with E-state index in [1.807, 2.05) is 43.0 Å². The van der Waals surface area contributed by atoms with Gasteiger partial charge in [0, 0.05) is 24.8 Å². The zero-order valence-electron chi connectivity index (χ0n) is 15.1. The van der Waals surface area contributed by atoms with Crippen LogP contribution in [0, 0.1) is 6.92 Å². The summed E-state index contributed by atoms with van der Waals surface area (Å²) in [6.07, 6.45) is 0. The van der Waals surface area contributed by atoms with Gasteiger partial charge in [-0.25, -0.2) is 8.42 Å². The molecule has 1 saturated heterocycles. The number of aryl methyl sites for hydroxylation is 1. The van der Waals surface area contributed by atoms with E-state index in [2.05, 4.69) is 0 Å². The highest BCUT2D eigenvalue weighted by atomic mass is 32.2. The van der Waals surface area contributed by atoms with Gasteiger partial charge >= 0.3 is 0 Å². The molecule has 138 valence electrons. The molecule has 1 heterocycles. The molecule has 1 aliphatic rings. The Hall–Kier alpha value is -2.18. The second-order valence-electron chi connectivity index (χ2n) is 6.79. The van der Waals surface area contributed by atoms with E-state index >= 15 is 0 Å². The maximum absolute atomic E-state index is 12.6. The summed E-state index contributed by atoms with van der Waals surface area (Å²) >= 11 is 0. The average molecular weight is 372 g/mol. The van der Waals surface area contributed by atoms with Crippen molar-refractivity contribution >= 4 is 21.4 Å². The summed E-state index contributed by atoms with van der Waals surface area (Å²) < 4.78 is 24.9. The van der Waals surface area contributed by atoms with Crippen molar-refractivity contribution in [3.8, 4) is 0 Å². The van der Waals surface area contributed by atoms with Crippen molar-refractivity contribution in [2.24, 2.45) is 0 Å². The van der Waals surface area contributed by atoms with E-state index in [4.69, 9.17) is 0 Å². The quantitative estimate of drug-likeness (QED) is 0.809. The van der Waals surface area contributed by atoms with E-state index in [1.165, 1.54) is 0 Å². The summed E-state index contributed by atoms with van der Waals surface area (Å²) in [5.41, 5.74) is 2.04. The van der Waals surface area contributed by atoms with Crippen molar-refractivity contribution < 1.29 is 13.2 Å². The van der Waals surface area contributed by atoms with Crippen LogP contribution in [0.2, 0.25) is 0 Å². The Balaban J connectivity index is 1.65. The number of benzene rings is 2. The molecule has 1 fully saturated rings. The fourth-order valence-electron chi connectivity index (χ4n) is 3.15. The van der Waals surface area contributed by atoms with Crippen LogP contribution in [0.5, 0.6) is 0 Å². The minimum atomic E-state index is -3.34. The van der Waals surface area contributed by atoms with Gasteiger partial charge in [0.05, 0.1) is 17.2 Å². The third-order valence-corrected chi connectivity index (χ3v) is 6.52. The first-order valence-corrected chi connectivity index (χ1v) is 10.4. The van der Waals surface area contributed by atoms with Gasteiger partial charge in [-0.05, 0) is 38.1 Å². The van der Waals surface area contributed by atoms with Gasteiger partial charge in [0.2, 0.25) is 5.91 Å². The van der Waals surface area contributed by atoms with Crippen LogP contribution in [0.3, 0.4) is 0 Å². The van der Waals surface area contributed by atoms with Gasteiger partial charge in [0.25, 0.3) is 0 Å². The van der Waals surface area contributed by atoms with E-state index in [9.17, 15) is 13.2 Å². The molecule has 0 spiro atoms. The van der Waals surface area contributed by atoms with Gasteiger partial charge in [-0.15, -0.1) is 0 Å². The molecule has 0 aliphatic carbocycles. The predicted molar refractivity (Wildman–Crippen MR) is 103 cm³/mol. The fourth-order valence-corrected chi connectivity index (χ4v) is 4.44. The van der Waals surface area contributed by atoms with Crippen molar-refractivity contribution in [3.05, 3.63) is 60.2 Å². The first-order chi connectivity index (χ1) is 12.4. The number of piperazine rings is 1. The van der Waals surface area contributed by atoms with Crippen LogP contribution < -0.4 is 4.90 Å². The molecule has 5 nitrogen and oxygen atoms in total. The summed E-state index contributed by atoms with van der Waals surface area (Å²) in [7, 11) is -3.34. The molecule has 1 aliphatic heterocycles. The Kier molecular flexibility index (Phi) is 5.44. The average Bonchev–Trinajstić information content (AvgIpc) is 2.64. The molecule has 0 radical (unpaired) electrons. The number of nitrogens with zero attached hydrogens (tertiary/aromatic N) is 2. The Morgan fingerprint density at radius 3 is 2.35 bits per heavy atom. The van der Waals surface area contributed by atoms with Crippen LogP contribution in [0.1, 0.15) is 12.5 Å². The number of carbonyl (C=O) groups excluding carboxylic acids is 1. The van der Waals surface area contributed by atoms with Crippen LogP contribution in [0.4, 0.5) is 5.69 Å². The fraction of sp³-hybridized carbons (Fsp3) is 0.350. The summed E-state index contributed by atoms with van der Waals surface area (Å²) in [6.45, 7) is 5.20. The number of carbonyl (C=O) groups is 1. The summed E-state index contributed by atoms with van der Waals surface area (Å²) in [6, 6.07) is 16.4. The molecule has 6 heteroatoms. The number of hydrogen-bond acceptors (Lipinski definition) is 4. The summed E-state index contributed by atoms with van der Waals surface area (Å²) in [4.78, 5) is 16.6. The molecule has 1 atom stereocenters. The molecule has 26 heavy (non-hydrogen) atoms. The molecular formula is C20H24N2O3S. The van der Waals surface area contributed by atoms with Crippen molar-refractivity contribution in [2.45, 2.75) is 24.8 Å². The molecule has 0 unspecified atom stereocenters. The zero-order valence-corrected chi connectivity index (χ0v) is 15.9. The Morgan fingerprint density at radius 1 is 1.04 bits per heavy atom. The maximum atomic E-state index is 12.6. The lowest BCUT2D eigenvalue weighted by atomic mass is 10.1. The normalized spacial score (nSPS) is 18.9. The van der Waals surface area contributed by atoms with Crippen molar-refractivity contribution in [2.75, 3.05) is 30.3 Å². The van der Waals surface area contributed by atoms with E-state index < -0.39 is 9.84 Å². The molecule has 2 aromatic rings. The van der Waals surface area contributed by atoms with Gasteiger partial charge in [-0.1, -0.05) is 35.9 Å². The largest absolute Gasteiger partial charge is 0.310 e. The highest BCUT2D eigenvalue weighted by Crippen LogP contribution is 2.21. The minimum Gasteiger partial charge on any atom is -0.310 e. The highest BCUT2D eigenvalue weighted by molar-refractivity contribution is 7.91. The summed E-state index contributed by atoms with van der Waals surface area (Å²) in [5.74, 6) is 0.0168. The molecule has 3 rings (SSSR count). The standard InChI is InChI=1S/C20H24N2O3S/c1-16-8-10-18(11-9-16)22-14-17(2)21(15-20(22)23)12-13-26(24,25)19-6-4-3-5-7-19/h3-11,17H,12-15H2,1-2H3/t17-/m0/s1. The van der Waals surface area contributed by atoms with Crippen molar-refractivity contribution in [1.82, 2.24) is 4.90 Å². The van der Waals surface area contributed by atoms with Gasteiger partial charge in [0.1, 0.15) is 0 Å². The molecule has 0 saturated carbocycles. The molecule has 0 N–H and O–H groups in total. The van der Waals surface area contributed by atoms with Gasteiger partial charge in [-0.2, -0.15) is 0 Å². The van der Waals surface area contributed by atoms with Gasteiger partial charge in [0.15, 0.2) is 9.84 Å². The van der Waals surface area contributed by atoms with Crippen LogP contribution >= 0.6 is 0 Å². The van der Waals surface area contributed by atoms with Crippen molar-refractivity contribution in [3.63, 3.8) is 0 Å². The summed E-state index contributed by atoms with van der Waals surface area (Å²) in [5, 5.41) is 0. The number of hydrogen-bond donors (Lipinski definition) is 0. The molecule has 0 bridgehead atoms. The van der Waals surface area contributed by atoms with E-state index in [0.29, 0.717) is 18.0 Å². The number of sulfone groups is 1. The first-order valence-electron chi connectivity index (χ1n) is 8.76. The Labute approximate surface area is 155 Å². The van der Waals surface area contributed by atoms with Crippen LogP contribution in [0.25, 0.3) is 0 Å². The van der Waals surface area contributed by atoms with E-state index in [0.717, 1.165) is 11.3 Å². The molecule has 2 aromatic carbocycles. The Bertz CT molecular complexity index is 864. The van der Waals surface area contributed by atoms with Crippen LogP contribution in [-0.4, -0.2) is 50.7 Å². The first kappa shape index (κ1) is 18.6. The maximum Gasteiger partial charge on any atom is 0.241 e. The van der Waals surface area contributed by atoms with E-state index in [-0.39, 0.29) is 24.2 Å². The molecular weight excluding hydrogens is 348 g/mol. The second-order valence-corrected chi connectivity index (χ2v) is 8.90. The number of amides is 1. The lowest BCUT2D eigenvalue weighted by Crippen LogP contribution is -2.56. The third-order valence-electron chi connectivity index (χ3n) is 4.80. The van der Waals surface area contributed by atoms with Crippen LogP contribution in [-0.2, 0) is 14.6 Å². The lowest BCUT2D eigenvalue weighted by Gasteiger charge is -2.39. The minimum absolute atomic E-state index is 0.00376. The van der Waals surface area contributed by atoms with E-state index in [1.54, 1.807) is 35.2 Å². The zero-order chi connectivity index (χ0) is 18.7. The molecule has 1 amide bonds. The lowest BCUT2D eigenvalue weighted by molar-refractivity contribution is -0.122. The smallest absolute Gasteiger partial charge is 0.241 e. The Morgan fingerprint density at radius 2 is 1.69 bits per heavy atom. The van der Waals surface area contributed by atoms with Gasteiger partial charge in [-0.3, -0.25) is 9.69 Å². The predicted octanol–water partition coefficient (Wildman–Crippen LogP) is 2.51. The third kappa shape index (κ3) is 4.14. The topological polar surface area (TPSA) is 57.7 Å². The number of rotatable bonds is 5. The van der Waals surface area contributed by atoms with Crippen molar-refractivity contribution in [1.29, 1.82) is 0 Å². The SMILES string of the molecule is Cc1ccc(N2C[C@H](C)N(CCS(=O)(=O)c3ccccc3)CC2=O)cc1. The number of anilines is 1. The monoisotopic (exact) mass is 372 g/mol. The molecule has 0 aromatic heterocycles. The van der Waals surface area contributed by atoms with Gasteiger partial charge < -0.3 is 4.90 Å². The van der Waals surface area contributed by atoms with Crippen LogP contribution in [0.15, 0.2) is 59.5 Å².